The maximum absolute atomic E-state index is 11.8. The Labute approximate surface area is 155 Å². The first-order chi connectivity index (χ1) is 11.6. The average molecular weight is 381 g/mol. The van der Waals surface area contributed by atoms with Crippen LogP contribution in [0, 0.1) is 0 Å². The number of hydrogen-bond acceptors (Lipinski definition) is 4. The Bertz CT molecular complexity index is 748. The molecule has 1 aromatic carbocycles. The van der Waals surface area contributed by atoms with Gasteiger partial charge in [-0.1, -0.05) is 35.9 Å². The molecule has 0 aliphatic heterocycles. The van der Waals surface area contributed by atoms with E-state index in [0.29, 0.717) is 20.9 Å². The number of aryl methyl sites for hydroxylation is 1. The van der Waals surface area contributed by atoms with Crippen molar-refractivity contribution in [3.8, 4) is 0 Å². The summed E-state index contributed by atoms with van der Waals surface area (Å²) >= 11 is 12.3. The average Bonchev–Trinajstić information content (AvgIpc) is 3.18. The summed E-state index contributed by atoms with van der Waals surface area (Å²) in [5.41, 5.74) is 2.68. The zero-order valence-corrected chi connectivity index (χ0v) is 15.3. The molecule has 0 radical (unpaired) electrons. The second-order valence-electron chi connectivity index (χ2n) is 5.43. The van der Waals surface area contributed by atoms with E-state index >= 15 is 0 Å². The summed E-state index contributed by atoms with van der Waals surface area (Å²) in [5, 5.41) is 6.97. The van der Waals surface area contributed by atoms with Gasteiger partial charge in [0.05, 0.1) is 16.9 Å². The van der Waals surface area contributed by atoms with E-state index in [0.717, 1.165) is 12.8 Å². The second kappa shape index (κ2) is 7.96. The molecule has 0 saturated carbocycles. The quantitative estimate of drug-likeness (QED) is 0.470. The fourth-order valence-corrected chi connectivity index (χ4v) is 3.90. The largest absolute Gasteiger partial charge is 0.460 e. The van der Waals surface area contributed by atoms with Crippen LogP contribution in [0.2, 0.25) is 4.34 Å². The van der Waals surface area contributed by atoms with Gasteiger partial charge in [-0.2, -0.15) is 0 Å². The van der Waals surface area contributed by atoms with E-state index < -0.39 is 0 Å². The maximum Gasteiger partial charge on any atom is 0.348 e. The fraction of sp³-hybridized carbons (Fsp3) is 0.294. The molecule has 3 rings (SSSR count). The number of ether oxygens (including phenoxy) is 1. The van der Waals surface area contributed by atoms with Gasteiger partial charge in [-0.15, -0.1) is 11.3 Å². The summed E-state index contributed by atoms with van der Waals surface area (Å²) < 4.78 is 5.75. The lowest BCUT2D eigenvalue weighted by Crippen LogP contribution is -2.38. The molecule has 2 aromatic rings. The van der Waals surface area contributed by atoms with Gasteiger partial charge in [0.2, 0.25) is 0 Å². The molecule has 0 saturated heterocycles. The first-order valence-corrected chi connectivity index (χ1v) is 9.28. The lowest BCUT2D eigenvalue weighted by atomic mass is 10.1. The molecule has 1 atom stereocenters. The Hall–Kier alpha value is -1.63. The molecular weight excluding hydrogens is 364 g/mol. The van der Waals surface area contributed by atoms with E-state index in [1.54, 1.807) is 12.1 Å². The van der Waals surface area contributed by atoms with Crippen molar-refractivity contribution in [3.63, 3.8) is 0 Å². The number of nitrogens with one attached hydrogen (secondary N) is 2. The van der Waals surface area contributed by atoms with Gasteiger partial charge in [-0.05, 0) is 48.3 Å². The van der Waals surface area contributed by atoms with E-state index in [2.05, 4.69) is 28.8 Å². The molecule has 0 spiro atoms. The second-order valence-corrected chi connectivity index (χ2v) is 7.55. The number of benzene rings is 1. The lowest BCUT2D eigenvalue weighted by Gasteiger charge is -2.17. The molecule has 2 N–H and O–H groups in total. The van der Waals surface area contributed by atoms with Gasteiger partial charge in [0.1, 0.15) is 11.5 Å². The van der Waals surface area contributed by atoms with Crippen LogP contribution in [0.15, 0.2) is 36.4 Å². The smallest absolute Gasteiger partial charge is 0.348 e. The van der Waals surface area contributed by atoms with Gasteiger partial charge >= 0.3 is 5.97 Å². The van der Waals surface area contributed by atoms with E-state index in [9.17, 15) is 4.79 Å². The number of halogens is 1. The SMILES string of the molecule is O=C(OCCNC(=S)NC1CCc2ccccc21)c1ccc(Cl)s1. The first-order valence-electron chi connectivity index (χ1n) is 7.68. The predicted octanol–water partition coefficient (Wildman–Crippen LogP) is 3.71. The zero-order valence-electron chi connectivity index (χ0n) is 12.9. The van der Waals surface area contributed by atoms with Crippen LogP contribution in [0.5, 0.6) is 0 Å². The Morgan fingerprint density at radius 1 is 1.33 bits per heavy atom. The molecule has 126 valence electrons. The third kappa shape index (κ3) is 4.26. The lowest BCUT2D eigenvalue weighted by molar-refractivity contribution is 0.0518. The molecule has 7 heteroatoms. The summed E-state index contributed by atoms with van der Waals surface area (Å²) in [5.74, 6) is -0.364. The van der Waals surface area contributed by atoms with Gasteiger partial charge in [0.25, 0.3) is 0 Å². The van der Waals surface area contributed by atoms with Crippen molar-refractivity contribution in [2.75, 3.05) is 13.2 Å². The van der Waals surface area contributed by atoms with E-state index in [1.807, 2.05) is 6.07 Å². The van der Waals surface area contributed by atoms with Gasteiger partial charge < -0.3 is 15.4 Å². The van der Waals surface area contributed by atoms with Gasteiger partial charge in [-0.3, -0.25) is 0 Å². The van der Waals surface area contributed by atoms with Crippen molar-refractivity contribution in [2.24, 2.45) is 0 Å². The number of rotatable bonds is 5. The number of carbonyl (C=O) groups is 1. The molecule has 0 bridgehead atoms. The topological polar surface area (TPSA) is 50.4 Å². The highest BCUT2D eigenvalue weighted by Gasteiger charge is 2.22. The van der Waals surface area contributed by atoms with E-state index in [4.69, 9.17) is 28.6 Å². The van der Waals surface area contributed by atoms with Crippen LogP contribution in [0.4, 0.5) is 0 Å². The Kier molecular flexibility index (Phi) is 5.71. The monoisotopic (exact) mass is 380 g/mol. The van der Waals surface area contributed by atoms with Gasteiger partial charge in [-0.25, -0.2) is 4.79 Å². The molecule has 1 aliphatic rings. The van der Waals surface area contributed by atoms with Crippen molar-refractivity contribution in [3.05, 3.63) is 56.7 Å². The number of fused-ring (bicyclic) bond motifs is 1. The van der Waals surface area contributed by atoms with E-state index in [-0.39, 0.29) is 18.6 Å². The fourth-order valence-electron chi connectivity index (χ4n) is 2.72. The highest BCUT2D eigenvalue weighted by molar-refractivity contribution is 7.80. The maximum atomic E-state index is 11.8. The zero-order chi connectivity index (χ0) is 16.9. The minimum absolute atomic E-state index is 0.247. The summed E-state index contributed by atoms with van der Waals surface area (Å²) in [6.45, 7) is 0.711. The van der Waals surface area contributed by atoms with Crippen LogP contribution in [0.25, 0.3) is 0 Å². The number of thiophene rings is 1. The van der Waals surface area contributed by atoms with Crippen LogP contribution in [0.3, 0.4) is 0 Å². The highest BCUT2D eigenvalue weighted by Crippen LogP contribution is 2.30. The molecule has 0 fully saturated rings. The third-order valence-electron chi connectivity index (χ3n) is 3.83. The predicted molar refractivity (Wildman–Crippen MR) is 101 cm³/mol. The number of hydrogen-bond donors (Lipinski definition) is 2. The summed E-state index contributed by atoms with van der Waals surface area (Å²) in [7, 11) is 0. The Morgan fingerprint density at radius 2 is 2.17 bits per heavy atom. The summed E-state index contributed by atoms with van der Waals surface area (Å²) in [6.07, 6.45) is 2.10. The van der Waals surface area contributed by atoms with Crippen LogP contribution in [-0.2, 0) is 11.2 Å². The minimum atomic E-state index is -0.364. The normalized spacial score (nSPS) is 15.6. The molecule has 4 nitrogen and oxygen atoms in total. The molecule has 1 unspecified atom stereocenters. The molecule has 1 aliphatic carbocycles. The number of esters is 1. The molecule has 1 heterocycles. The first kappa shape index (κ1) is 17.2. The van der Waals surface area contributed by atoms with Crippen molar-refractivity contribution in [1.82, 2.24) is 10.6 Å². The highest BCUT2D eigenvalue weighted by atomic mass is 35.5. The number of carbonyl (C=O) groups excluding carboxylic acids is 1. The van der Waals surface area contributed by atoms with Crippen molar-refractivity contribution >= 4 is 46.2 Å². The van der Waals surface area contributed by atoms with Crippen LogP contribution >= 0.6 is 35.2 Å². The van der Waals surface area contributed by atoms with Crippen molar-refractivity contribution < 1.29 is 9.53 Å². The number of thiocarbonyl (C=S) groups is 1. The minimum Gasteiger partial charge on any atom is -0.460 e. The molecule has 1 aromatic heterocycles. The molecular formula is C17H17ClN2O2S2. The molecule has 0 amide bonds. The van der Waals surface area contributed by atoms with Crippen molar-refractivity contribution in [2.45, 2.75) is 18.9 Å². The third-order valence-corrected chi connectivity index (χ3v) is 5.31. The van der Waals surface area contributed by atoms with Crippen molar-refractivity contribution in [1.29, 1.82) is 0 Å². The standard InChI is InChI=1S/C17H17ClN2O2S2/c18-15-8-7-14(24-15)16(21)22-10-9-19-17(23)20-13-6-5-11-3-1-2-4-12(11)13/h1-4,7-8,13H,5-6,9-10H2,(H2,19,20,23). The van der Waals surface area contributed by atoms with Crippen LogP contribution in [-0.4, -0.2) is 24.2 Å². The Morgan fingerprint density at radius 3 is 2.96 bits per heavy atom. The molecule has 24 heavy (non-hydrogen) atoms. The Balaban J connectivity index is 1.38. The van der Waals surface area contributed by atoms with Gasteiger partial charge in [0, 0.05) is 0 Å². The van der Waals surface area contributed by atoms with Crippen LogP contribution in [0.1, 0.15) is 33.3 Å². The summed E-state index contributed by atoms with van der Waals surface area (Å²) in [4.78, 5) is 12.3. The van der Waals surface area contributed by atoms with Gasteiger partial charge in [0.15, 0.2) is 5.11 Å². The van der Waals surface area contributed by atoms with Crippen LogP contribution < -0.4 is 10.6 Å². The summed E-state index contributed by atoms with van der Waals surface area (Å²) in [6, 6.07) is 12.0. The van der Waals surface area contributed by atoms with E-state index in [1.165, 1.54) is 22.5 Å².